The summed E-state index contributed by atoms with van der Waals surface area (Å²) in [4.78, 5) is 4.13. The zero-order valence-electron chi connectivity index (χ0n) is 9.57. The smallest absolute Gasteiger partial charge is 0.174 e. The molecule has 0 spiro atoms. The maximum atomic E-state index is 14.0. The van der Waals surface area contributed by atoms with E-state index in [0.717, 1.165) is 0 Å². The van der Waals surface area contributed by atoms with Crippen LogP contribution in [0.25, 0.3) is 11.3 Å². The van der Waals surface area contributed by atoms with E-state index in [1.807, 2.05) is 0 Å². The molecule has 0 atom stereocenters. The summed E-state index contributed by atoms with van der Waals surface area (Å²) >= 11 is 0. The number of hydrogen-bond acceptors (Lipinski definition) is 3. The van der Waals surface area contributed by atoms with Crippen LogP contribution < -0.4 is 4.74 Å². The van der Waals surface area contributed by atoms with Crippen LogP contribution in [0, 0.1) is 12.7 Å². The van der Waals surface area contributed by atoms with Gasteiger partial charge in [-0.05, 0) is 31.2 Å². The molecule has 0 saturated heterocycles. The second kappa shape index (κ2) is 4.41. The van der Waals surface area contributed by atoms with Gasteiger partial charge in [-0.15, -0.1) is 0 Å². The molecule has 1 aromatic heterocycles. The molecule has 2 aromatic rings. The number of aromatic nitrogens is 1. The highest BCUT2D eigenvalue weighted by atomic mass is 19.1. The number of benzene rings is 1. The molecular weight excluding hydrogens is 221 g/mol. The summed E-state index contributed by atoms with van der Waals surface area (Å²) in [6, 6.07) is 7.93. The van der Waals surface area contributed by atoms with E-state index in [2.05, 4.69) is 4.98 Å². The summed E-state index contributed by atoms with van der Waals surface area (Å²) < 4.78 is 18.9. The number of aromatic hydroxyl groups is 1. The van der Waals surface area contributed by atoms with Gasteiger partial charge in [0.05, 0.1) is 18.5 Å². The van der Waals surface area contributed by atoms with Gasteiger partial charge < -0.3 is 9.84 Å². The fourth-order valence-electron chi connectivity index (χ4n) is 1.57. The number of methoxy groups -OCH3 is 1. The van der Waals surface area contributed by atoms with E-state index in [-0.39, 0.29) is 11.5 Å². The van der Waals surface area contributed by atoms with E-state index in [1.165, 1.54) is 13.2 Å². The predicted molar refractivity (Wildman–Crippen MR) is 62.6 cm³/mol. The lowest BCUT2D eigenvalue weighted by Crippen LogP contribution is -1.94. The Morgan fingerprint density at radius 1 is 1.24 bits per heavy atom. The molecular formula is C13H12FNO2. The Bertz CT molecular complexity index is 555. The first-order chi connectivity index (χ1) is 8.13. The van der Waals surface area contributed by atoms with Crippen molar-refractivity contribution in [3.8, 4) is 22.8 Å². The van der Waals surface area contributed by atoms with Crippen LogP contribution in [0.1, 0.15) is 5.69 Å². The van der Waals surface area contributed by atoms with Crippen molar-refractivity contribution >= 4 is 0 Å². The molecule has 17 heavy (non-hydrogen) atoms. The van der Waals surface area contributed by atoms with Crippen LogP contribution in [0.15, 0.2) is 30.3 Å². The fourth-order valence-corrected chi connectivity index (χ4v) is 1.57. The number of nitrogens with zero attached hydrogens (tertiary/aromatic N) is 1. The molecule has 2 rings (SSSR count). The maximum absolute atomic E-state index is 14.0. The summed E-state index contributed by atoms with van der Waals surface area (Å²) in [6.07, 6.45) is 0. The Balaban J connectivity index is 2.56. The van der Waals surface area contributed by atoms with Gasteiger partial charge in [0.1, 0.15) is 5.75 Å². The molecule has 0 saturated carbocycles. The number of halogens is 1. The van der Waals surface area contributed by atoms with E-state index in [4.69, 9.17) is 4.74 Å². The van der Waals surface area contributed by atoms with Gasteiger partial charge in [-0.25, -0.2) is 9.37 Å². The first kappa shape index (κ1) is 11.4. The van der Waals surface area contributed by atoms with E-state index < -0.39 is 5.82 Å². The summed E-state index contributed by atoms with van der Waals surface area (Å²) in [5, 5.41) is 9.38. The third-order valence-corrected chi connectivity index (χ3v) is 2.52. The van der Waals surface area contributed by atoms with Crippen molar-refractivity contribution in [2.24, 2.45) is 0 Å². The van der Waals surface area contributed by atoms with Crippen LogP contribution in [-0.4, -0.2) is 17.2 Å². The number of rotatable bonds is 2. The minimum absolute atomic E-state index is 0.0945. The Hall–Kier alpha value is -2.10. The molecule has 1 N–H and O–H groups in total. The average molecular weight is 233 g/mol. The number of ether oxygens (including phenoxy) is 1. The number of pyridine rings is 1. The monoisotopic (exact) mass is 233 g/mol. The van der Waals surface area contributed by atoms with Crippen LogP contribution >= 0.6 is 0 Å². The largest absolute Gasteiger partial charge is 0.506 e. The average Bonchev–Trinajstić information content (AvgIpc) is 2.33. The molecule has 3 nitrogen and oxygen atoms in total. The van der Waals surface area contributed by atoms with Crippen LogP contribution in [-0.2, 0) is 0 Å². The molecule has 0 bridgehead atoms. The lowest BCUT2D eigenvalue weighted by molar-refractivity contribution is 0.387. The van der Waals surface area contributed by atoms with Crippen molar-refractivity contribution in [1.29, 1.82) is 0 Å². The molecule has 0 aliphatic heterocycles. The molecule has 0 fully saturated rings. The van der Waals surface area contributed by atoms with E-state index in [9.17, 15) is 9.50 Å². The zero-order valence-corrected chi connectivity index (χ0v) is 9.57. The quantitative estimate of drug-likeness (QED) is 0.867. The molecule has 1 heterocycles. The third kappa shape index (κ3) is 2.06. The van der Waals surface area contributed by atoms with Crippen LogP contribution in [0.3, 0.4) is 0 Å². The van der Waals surface area contributed by atoms with E-state index in [0.29, 0.717) is 17.0 Å². The highest BCUT2D eigenvalue weighted by molar-refractivity contribution is 5.63. The first-order valence-electron chi connectivity index (χ1n) is 5.13. The lowest BCUT2D eigenvalue weighted by Gasteiger charge is -2.08. The molecule has 1 aromatic carbocycles. The fraction of sp³-hybridized carbons (Fsp3) is 0.154. The molecule has 0 aliphatic carbocycles. The van der Waals surface area contributed by atoms with Gasteiger partial charge in [-0.1, -0.05) is 6.07 Å². The van der Waals surface area contributed by atoms with Crippen molar-refractivity contribution in [2.45, 2.75) is 6.92 Å². The lowest BCUT2D eigenvalue weighted by atomic mass is 10.1. The number of aryl methyl sites for hydroxylation is 1. The van der Waals surface area contributed by atoms with Gasteiger partial charge in [0.15, 0.2) is 11.6 Å². The summed E-state index contributed by atoms with van der Waals surface area (Å²) in [6.45, 7) is 1.66. The van der Waals surface area contributed by atoms with E-state index >= 15 is 0 Å². The Kier molecular flexibility index (Phi) is 2.95. The van der Waals surface area contributed by atoms with Gasteiger partial charge in [0.2, 0.25) is 0 Å². The second-order valence-corrected chi connectivity index (χ2v) is 3.62. The summed E-state index contributed by atoms with van der Waals surface area (Å²) in [5.41, 5.74) is 1.29. The standard InChI is InChI=1S/C13H12FNO2/c1-8-11(16)7-6-10(15-8)9-4-3-5-12(17-2)13(9)14/h3-7,16H,1-2H3. The van der Waals surface area contributed by atoms with Crippen molar-refractivity contribution in [2.75, 3.05) is 7.11 Å². The van der Waals surface area contributed by atoms with Gasteiger partial charge in [-0.2, -0.15) is 0 Å². The highest BCUT2D eigenvalue weighted by Gasteiger charge is 2.12. The zero-order chi connectivity index (χ0) is 12.4. The minimum Gasteiger partial charge on any atom is -0.506 e. The van der Waals surface area contributed by atoms with Crippen molar-refractivity contribution in [3.05, 3.63) is 41.8 Å². The Morgan fingerprint density at radius 2 is 2.00 bits per heavy atom. The van der Waals surface area contributed by atoms with Crippen molar-refractivity contribution in [1.82, 2.24) is 4.98 Å². The van der Waals surface area contributed by atoms with Crippen LogP contribution in [0.2, 0.25) is 0 Å². The molecule has 0 radical (unpaired) electrons. The van der Waals surface area contributed by atoms with Crippen molar-refractivity contribution < 1.29 is 14.2 Å². The predicted octanol–water partition coefficient (Wildman–Crippen LogP) is 2.91. The third-order valence-electron chi connectivity index (χ3n) is 2.52. The number of hydrogen-bond donors (Lipinski definition) is 1. The Morgan fingerprint density at radius 3 is 2.65 bits per heavy atom. The molecule has 0 aliphatic rings. The molecule has 0 amide bonds. The minimum atomic E-state index is -0.451. The van der Waals surface area contributed by atoms with Crippen molar-refractivity contribution in [3.63, 3.8) is 0 Å². The normalized spacial score (nSPS) is 10.3. The molecule has 4 heteroatoms. The van der Waals surface area contributed by atoms with Gasteiger partial charge in [0, 0.05) is 5.56 Å². The van der Waals surface area contributed by atoms with Crippen LogP contribution in [0.4, 0.5) is 4.39 Å². The Labute approximate surface area is 98.5 Å². The van der Waals surface area contributed by atoms with Crippen LogP contribution in [0.5, 0.6) is 11.5 Å². The first-order valence-corrected chi connectivity index (χ1v) is 5.13. The van der Waals surface area contributed by atoms with Gasteiger partial charge in [0.25, 0.3) is 0 Å². The van der Waals surface area contributed by atoms with Gasteiger partial charge >= 0.3 is 0 Å². The topological polar surface area (TPSA) is 42.4 Å². The summed E-state index contributed by atoms with van der Waals surface area (Å²) in [7, 11) is 1.41. The summed E-state index contributed by atoms with van der Waals surface area (Å²) in [5.74, 6) is -0.181. The highest BCUT2D eigenvalue weighted by Crippen LogP contribution is 2.29. The second-order valence-electron chi connectivity index (χ2n) is 3.62. The molecule has 88 valence electrons. The maximum Gasteiger partial charge on any atom is 0.174 e. The molecule has 0 unspecified atom stereocenters. The van der Waals surface area contributed by atoms with Gasteiger partial charge in [-0.3, -0.25) is 0 Å². The SMILES string of the molecule is COc1cccc(-c2ccc(O)c(C)n2)c1F. The van der Waals surface area contributed by atoms with E-state index in [1.54, 1.807) is 31.2 Å².